The molecule has 1 aromatic carbocycles. The summed E-state index contributed by atoms with van der Waals surface area (Å²) in [5, 5.41) is 10.0. The second-order valence-electron chi connectivity index (χ2n) is 5.10. The van der Waals surface area contributed by atoms with E-state index in [-0.39, 0.29) is 23.0 Å². The lowest BCUT2D eigenvalue weighted by atomic mass is 10.1. The van der Waals surface area contributed by atoms with Crippen LogP contribution < -0.4 is 0 Å². The minimum Gasteiger partial charge on any atom is -0.506 e. The number of carbonyl (C=O) groups is 2. The molecule has 1 N–H and O–H groups in total. The maximum absolute atomic E-state index is 12.1. The highest BCUT2D eigenvalue weighted by Gasteiger charge is 2.28. The van der Waals surface area contributed by atoms with Gasteiger partial charge in [0.1, 0.15) is 5.76 Å². The van der Waals surface area contributed by atoms with Crippen molar-refractivity contribution in [2.24, 2.45) is 4.99 Å². The highest BCUT2D eigenvalue weighted by molar-refractivity contribution is 6.30. The number of aliphatic hydroxyl groups excluding tert-OH is 1. The Morgan fingerprint density at radius 2 is 1.90 bits per heavy atom. The Kier molecular flexibility index (Phi) is 5.04. The van der Waals surface area contributed by atoms with Gasteiger partial charge in [0, 0.05) is 23.8 Å². The van der Waals surface area contributed by atoms with Crippen molar-refractivity contribution in [1.82, 2.24) is 0 Å². The van der Waals surface area contributed by atoms with Crippen LogP contribution >= 0.6 is 0 Å². The van der Waals surface area contributed by atoms with E-state index in [1.807, 2.05) is 0 Å². The molecule has 0 aromatic heterocycles. The van der Waals surface area contributed by atoms with Gasteiger partial charge in [-0.3, -0.25) is 9.59 Å². The molecule has 1 aliphatic carbocycles. The summed E-state index contributed by atoms with van der Waals surface area (Å²) < 4.78 is 0. The van der Waals surface area contributed by atoms with Crippen molar-refractivity contribution < 1.29 is 14.7 Å². The van der Waals surface area contributed by atoms with E-state index in [2.05, 4.69) is 11.9 Å². The fraction of sp³-hybridized carbons (Fsp3) is 0.353. The standard InChI is InChI=1S/C17H19NO3/c1-2-3-4-5-10-15(19)18-11-14-16(20)12-8-6-7-9-13(12)17(14)21/h6-9,11,20H,2-5,10H2,1H3. The normalized spacial score (nSPS) is 14.0. The van der Waals surface area contributed by atoms with E-state index < -0.39 is 0 Å². The molecule has 0 spiro atoms. The molecule has 4 nitrogen and oxygen atoms in total. The van der Waals surface area contributed by atoms with E-state index in [9.17, 15) is 14.7 Å². The molecule has 1 amide bonds. The Labute approximate surface area is 124 Å². The van der Waals surface area contributed by atoms with E-state index >= 15 is 0 Å². The summed E-state index contributed by atoms with van der Waals surface area (Å²) in [6, 6.07) is 6.82. The Bertz CT molecular complexity index is 614. The van der Waals surface area contributed by atoms with E-state index in [4.69, 9.17) is 0 Å². The van der Waals surface area contributed by atoms with Gasteiger partial charge in [0.25, 0.3) is 0 Å². The van der Waals surface area contributed by atoms with E-state index in [1.54, 1.807) is 24.3 Å². The van der Waals surface area contributed by atoms with Crippen LogP contribution in [0.4, 0.5) is 0 Å². The summed E-state index contributed by atoms with van der Waals surface area (Å²) in [6.45, 7) is 2.11. The Hall–Kier alpha value is -2.23. The summed E-state index contributed by atoms with van der Waals surface area (Å²) in [5.74, 6) is -0.640. The first-order valence-corrected chi connectivity index (χ1v) is 7.29. The van der Waals surface area contributed by atoms with E-state index in [0.29, 0.717) is 17.5 Å². The molecule has 0 unspecified atom stereocenters. The minimum atomic E-state index is -0.286. The van der Waals surface area contributed by atoms with Gasteiger partial charge < -0.3 is 5.11 Å². The highest BCUT2D eigenvalue weighted by atomic mass is 16.3. The van der Waals surface area contributed by atoms with Gasteiger partial charge in [-0.2, -0.15) is 0 Å². The second kappa shape index (κ2) is 6.97. The van der Waals surface area contributed by atoms with Gasteiger partial charge in [0.05, 0.1) is 5.57 Å². The number of ketones is 1. The van der Waals surface area contributed by atoms with Gasteiger partial charge in [0.15, 0.2) is 5.78 Å². The fourth-order valence-electron chi connectivity index (χ4n) is 2.31. The average Bonchev–Trinajstić information content (AvgIpc) is 2.74. The number of rotatable bonds is 6. The highest BCUT2D eigenvalue weighted by Crippen LogP contribution is 2.29. The van der Waals surface area contributed by atoms with E-state index in [1.165, 1.54) is 6.21 Å². The average molecular weight is 285 g/mol. The summed E-state index contributed by atoms with van der Waals surface area (Å²) in [7, 11) is 0. The van der Waals surface area contributed by atoms with E-state index in [0.717, 1.165) is 25.7 Å². The van der Waals surface area contributed by atoms with Crippen molar-refractivity contribution in [1.29, 1.82) is 0 Å². The van der Waals surface area contributed by atoms with Crippen molar-refractivity contribution in [3.05, 3.63) is 41.0 Å². The number of nitrogens with zero attached hydrogens (tertiary/aromatic N) is 1. The predicted molar refractivity (Wildman–Crippen MR) is 82.6 cm³/mol. The number of allylic oxidation sites excluding steroid dienone is 1. The summed E-state index contributed by atoms with van der Waals surface area (Å²) in [6.07, 6.45) is 5.62. The van der Waals surface area contributed by atoms with Crippen LogP contribution in [-0.2, 0) is 4.79 Å². The van der Waals surface area contributed by atoms with Crippen LogP contribution in [0.2, 0.25) is 0 Å². The molecule has 0 heterocycles. The topological polar surface area (TPSA) is 66.7 Å². The maximum atomic E-state index is 12.1. The first-order valence-electron chi connectivity index (χ1n) is 7.29. The zero-order valence-corrected chi connectivity index (χ0v) is 12.1. The number of benzene rings is 1. The maximum Gasteiger partial charge on any atom is 0.245 e. The lowest BCUT2D eigenvalue weighted by Crippen LogP contribution is -2.02. The predicted octanol–water partition coefficient (Wildman–Crippen LogP) is 3.72. The van der Waals surface area contributed by atoms with Crippen molar-refractivity contribution in [3.63, 3.8) is 0 Å². The van der Waals surface area contributed by atoms with Gasteiger partial charge in [-0.25, -0.2) is 4.99 Å². The van der Waals surface area contributed by atoms with Crippen LogP contribution in [0.15, 0.2) is 34.8 Å². The first-order chi connectivity index (χ1) is 10.1. The number of aliphatic hydroxyl groups is 1. The summed E-state index contributed by atoms with van der Waals surface area (Å²) in [4.78, 5) is 27.5. The van der Waals surface area contributed by atoms with Crippen LogP contribution in [0.1, 0.15) is 54.9 Å². The number of aliphatic imine (C=N–C) groups is 1. The number of unbranched alkanes of at least 4 members (excludes halogenated alkanes) is 3. The monoisotopic (exact) mass is 285 g/mol. The SMILES string of the molecule is CCCCCCC(=O)N=CC1=C(O)c2ccccc2C1=O. The number of Topliss-reactive ketones (excluding diaryl/α,β-unsaturated/α-hetero) is 1. The smallest absolute Gasteiger partial charge is 0.245 e. The number of hydrogen-bond donors (Lipinski definition) is 1. The summed E-state index contributed by atoms with van der Waals surface area (Å²) >= 11 is 0. The van der Waals surface area contributed by atoms with Crippen molar-refractivity contribution in [2.45, 2.75) is 39.0 Å². The lowest BCUT2D eigenvalue weighted by molar-refractivity contribution is -0.117. The number of carbonyl (C=O) groups excluding carboxylic acids is 2. The van der Waals surface area contributed by atoms with Crippen LogP contribution in [0, 0.1) is 0 Å². The second-order valence-corrected chi connectivity index (χ2v) is 5.10. The number of fused-ring (bicyclic) bond motifs is 1. The van der Waals surface area contributed by atoms with Crippen LogP contribution in [-0.4, -0.2) is 23.0 Å². The zero-order chi connectivity index (χ0) is 15.2. The molecule has 0 radical (unpaired) electrons. The third-order valence-electron chi connectivity index (χ3n) is 3.51. The molecular formula is C17H19NO3. The third kappa shape index (κ3) is 3.45. The van der Waals surface area contributed by atoms with Gasteiger partial charge in [-0.15, -0.1) is 0 Å². The Balaban J connectivity index is 2.01. The largest absolute Gasteiger partial charge is 0.506 e. The molecular weight excluding hydrogens is 266 g/mol. The summed E-state index contributed by atoms with van der Waals surface area (Å²) in [5.41, 5.74) is 1.05. The molecule has 2 rings (SSSR count). The van der Waals surface area contributed by atoms with Gasteiger partial charge >= 0.3 is 0 Å². The van der Waals surface area contributed by atoms with Gasteiger partial charge in [-0.05, 0) is 6.42 Å². The number of hydrogen-bond acceptors (Lipinski definition) is 3. The molecule has 110 valence electrons. The molecule has 0 aliphatic heterocycles. The molecule has 21 heavy (non-hydrogen) atoms. The lowest BCUT2D eigenvalue weighted by Gasteiger charge is -1.96. The van der Waals surface area contributed by atoms with Gasteiger partial charge in [0.2, 0.25) is 5.91 Å². The zero-order valence-electron chi connectivity index (χ0n) is 12.1. The molecule has 4 heteroatoms. The molecule has 0 atom stereocenters. The molecule has 1 aliphatic rings. The Morgan fingerprint density at radius 3 is 2.57 bits per heavy atom. The van der Waals surface area contributed by atoms with Crippen molar-refractivity contribution >= 4 is 23.7 Å². The van der Waals surface area contributed by atoms with Crippen LogP contribution in [0.3, 0.4) is 0 Å². The number of amides is 1. The first kappa shape index (κ1) is 15.2. The molecule has 1 aromatic rings. The van der Waals surface area contributed by atoms with Crippen LogP contribution in [0.25, 0.3) is 5.76 Å². The van der Waals surface area contributed by atoms with Crippen molar-refractivity contribution in [2.75, 3.05) is 0 Å². The molecule has 0 saturated heterocycles. The van der Waals surface area contributed by atoms with Gasteiger partial charge in [-0.1, -0.05) is 50.5 Å². The third-order valence-corrected chi connectivity index (χ3v) is 3.51. The van der Waals surface area contributed by atoms with Crippen molar-refractivity contribution in [3.8, 4) is 0 Å². The molecule has 0 bridgehead atoms. The van der Waals surface area contributed by atoms with Crippen LogP contribution in [0.5, 0.6) is 0 Å². The Morgan fingerprint density at radius 1 is 1.19 bits per heavy atom. The minimum absolute atomic E-state index is 0.0955. The fourth-order valence-corrected chi connectivity index (χ4v) is 2.31. The molecule has 0 saturated carbocycles. The molecule has 0 fully saturated rings. The quantitative estimate of drug-likeness (QED) is 0.640.